The van der Waals surface area contributed by atoms with Gasteiger partial charge < -0.3 is 10.3 Å². The van der Waals surface area contributed by atoms with Crippen molar-refractivity contribution in [1.29, 1.82) is 0 Å². The first-order valence-corrected chi connectivity index (χ1v) is 9.09. The standard InChI is InChI=1S/C18H16F2N4O2S/c19-12-8-14-15(9-13(12)20)23-18(22-14)27-7-6-16(25)24-17(26)21-10-11-4-2-1-3-5-11/h1-5,8-9H,6-7,10H2,(H,22,23)(H2,21,24,25,26). The number of H-pyrrole nitrogens is 1. The van der Waals surface area contributed by atoms with Gasteiger partial charge in [-0.25, -0.2) is 18.6 Å². The molecular weight excluding hydrogens is 374 g/mol. The zero-order valence-electron chi connectivity index (χ0n) is 14.1. The van der Waals surface area contributed by atoms with E-state index in [0.717, 1.165) is 17.7 Å². The number of hydrogen-bond donors (Lipinski definition) is 3. The number of nitrogens with one attached hydrogen (secondary N) is 3. The number of nitrogens with zero attached hydrogens (tertiary/aromatic N) is 1. The Labute approximate surface area is 157 Å². The van der Waals surface area contributed by atoms with Crippen LogP contribution in [0.4, 0.5) is 13.6 Å². The lowest BCUT2D eigenvalue weighted by Gasteiger charge is -2.06. The van der Waals surface area contributed by atoms with E-state index in [2.05, 4.69) is 20.6 Å². The van der Waals surface area contributed by atoms with Crippen LogP contribution in [0, 0.1) is 11.6 Å². The fourth-order valence-electron chi connectivity index (χ4n) is 2.30. The molecule has 3 aromatic rings. The summed E-state index contributed by atoms with van der Waals surface area (Å²) in [5.74, 6) is -2.00. The highest BCUT2D eigenvalue weighted by Gasteiger charge is 2.11. The first-order valence-electron chi connectivity index (χ1n) is 8.10. The van der Waals surface area contributed by atoms with Crippen molar-refractivity contribution in [3.63, 3.8) is 0 Å². The molecule has 0 unspecified atom stereocenters. The minimum absolute atomic E-state index is 0.0865. The number of benzene rings is 2. The van der Waals surface area contributed by atoms with E-state index in [0.29, 0.717) is 28.5 Å². The summed E-state index contributed by atoms with van der Waals surface area (Å²) in [5.41, 5.74) is 1.61. The second-order valence-corrected chi connectivity index (χ2v) is 6.72. The summed E-state index contributed by atoms with van der Waals surface area (Å²) < 4.78 is 26.4. The molecule has 0 atom stereocenters. The third kappa shape index (κ3) is 5.27. The van der Waals surface area contributed by atoms with E-state index < -0.39 is 23.6 Å². The predicted octanol–water partition coefficient (Wildman–Crippen LogP) is 3.35. The molecule has 3 rings (SSSR count). The molecule has 0 saturated carbocycles. The number of fused-ring (bicyclic) bond motifs is 1. The molecule has 0 spiro atoms. The molecule has 0 aliphatic rings. The van der Waals surface area contributed by atoms with Crippen LogP contribution in [0.1, 0.15) is 12.0 Å². The molecule has 3 amide bonds. The summed E-state index contributed by atoms with van der Waals surface area (Å²) in [6.07, 6.45) is 0.0865. The Bertz CT molecular complexity index is 924. The molecule has 6 nitrogen and oxygen atoms in total. The van der Waals surface area contributed by atoms with Crippen LogP contribution < -0.4 is 10.6 Å². The molecule has 0 fully saturated rings. The molecule has 9 heteroatoms. The van der Waals surface area contributed by atoms with E-state index in [1.165, 1.54) is 11.8 Å². The van der Waals surface area contributed by atoms with Crippen molar-refractivity contribution in [2.45, 2.75) is 18.1 Å². The van der Waals surface area contributed by atoms with Crippen LogP contribution in [0.25, 0.3) is 11.0 Å². The molecule has 0 bridgehead atoms. The molecule has 3 N–H and O–H groups in total. The van der Waals surface area contributed by atoms with Gasteiger partial charge in [0, 0.05) is 30.9 Å². The third-order valence-electron chi connectivity index (χ3n) is 3.62. The number of carbonyl (C=O) groups is 2. The lowest BCUT2D eigenvalue weighted by Crippen LogP contribution is -2.39. The Morgan fingerprint density at radius 1 is 1.11 bits per heavy atom. The van der Waals surface area contributed by atoms with E-state index in [9.17, 15) is 18.4 Å². The Kier molecular flexibility index (Phi) is 6.02. The number of rotatable bonds is 6. The zero-order valence-corrected chi connectivity index (χ0v) is 14.9. The van der Waals surface area contributed by atoms with Crippen molar-refractivity contribution in [1.82, 2.24) is 20.6 Å². The van der Waals surface area contributed by atoms with E-state index in [4.69, 9.17) is 0 Å². The summed E-state index contributed by atoms with van der Waals surface area (Å²) in [6, 6.07) is 10.8. The molecular formula is C18H16F2N4O2S. The number of imide groups is 1. The first kappa shape index (κ1) is 18.8. The number of halogens is 2. The lowest BCUT2D eigenvalue weighted by atomic mass is 10.2. The second-order valence-electron chi connectivity index (χ2n) is 5.64. The molecule has 1 heterocycles. The number of carbonyl (C=O) groups excluding carboxylic acids is 2. The smallest absolute Gasteiger partial charge is 0.321 e. The van der Waals surface area contributed by atoms with E-state index in [-0.39, 0.29) is 6.42 Å². The Hall–Kier alpha value is -2.94. The van der Waals surface area contributed by atoms with Gasteiger partial charge in [-0.15, -0.1) is 0 Å². The number of urea groups is 1. The van der Waals surface area contributed by atoms with Crippen molar-refractivity contribution < 1.29 is 18.4 Å². The molecule has 140 valence electrons. The molecule has 0 aliphatic heterocycles. The Balaban J connectivity index is 1.42. The van der Waals surface area contributed by atoms with E-state index >= 15 is 0 Å². The van der Waals surface area contributed by atoms with Crippen LogP contribution in [0.15, 0.2) is 47.6 Å². The maximum Gasteiger partial charge on any atom is 0.321 e. The first-order chi connectivity index (χ1) is 13.0. The highest BCUT2D eigenvalue weighted by atomic mass is 32.2. The molecule has 27 heavy (non-hydrogen) atoms. The predicted molar refractivity (Wildman–Crippen MR) is 98.2 cm³/mol. The quantitative estimate of drug-likeness (QED) is 0.564. The highest BCUT2D eigenvalue weighted by molar-refractivity contribution is 7.99. The largest absolute Gasteiger partial charge is 0.334 e. The fraction of sp³-hybridized carbons (Fsp3) is 0.167. The molecule has 0 saturated heterocycles. The van der Waals surface area contributed by atoms with Crippen LogP contribution in [0.2, 0.25) is 0 Å². The van der Waals surface area contributed by atoms with Crippen LogP contribution >= 0.6 is 11.8 Å². The van der Waals surface area contributed by atoms with Gasteiger partial charge in [-0.05, 0) is 5.56 Å². The normalized spacial score (nSPS) is 10.7. The van der Waals surface area contributed by atoms with Gasteiger partial charge in [0.25, 0.3) is 0 Å². The average Bonchev–Trinajstić information content (AvgIpc) is 3.02. The van der Waals surface area contributed by atoms with Crippen molar-refractivity contribution in [2.24, 2.45) is 0 Å². The zero-order chi connectivity index (χ0) is 19.2. The number of aromatic nitrogens is 2. The number of thioether (sulfide) groups is 1. The van der Waals surface area contributed by atoms with Crippen LogP contribution in [0.5, 0.6) is 0 Å². The van der Waals surface area contributed by atoms with Gasteiger partial charge in [0.15, 0.2) is 16.8 Å². The van der Waals surface area contributed by atoms with E-state index in [1.54, 1.807) is 0 Å². The average molecular weight is 390 g/mol. The van der Waals surface area contributed by atoms with Crippen LogP contribution in [-0.4, -0.2) is 27.7 Å². The number of amides is 3. The monoisotopic (exact) mass is 390 g/mol. The van der Waals surface area contributed by atoms with Crippen molar-refractivity contribution in [2.75, 3.05) is 5.75 Å². The molecule has 0 aliphatic carbocycles. The van der Waals surface area contributed by atoms with Crippen molar-refractivity contribution in [3.8, 4) is 0 Å². The molecule has 1 aromatic heterocycles. The SMILES string of the molecule is O=C(CCSc1nc2cc(F)c(F)cc2[nH]1)NC(=O)NCc1ccccc1. The topological polar surface area (TPSA) is 86.9 Å². The Morgan fingerprint density at radius 3 is 2.63 bits per heavy atom. The summed E-state index contributed by atoms with van der Waals surface area (Å²) in [4.78, 5) is 30.5. The van der Waals surface area contributed by atoms with Gasteiger partial charge in [-0.3, -0.25) is 10.1 Å². The van der Waals surface area contributed by atoms with Gasteiger partial charge in [0.2, 0.25) is 5.91 Å². The summed E-state index contributed by atoms with van der Waals surface area (Å²) in [6.45, 7) is 0.320. The maximum absolute atomic E-state index is 13.2. The minimum atomic E-state index is -0.966. The van der Waals surface area contributed by atoms with Crippen molar-refractivity contribution in [3.05, 3.63) is 59.7 Å². The van der Waals surface area contributed by atoms with Gasteiger partial charge in [0.05, 0.1) is 11.0 Å². The minimum Gasteiger partial charge on any atom is -0.334 e. The summed E-state index contributed by atoms with van der Waals surface area (Å²) in [5, 5.41) is 5.29. The fourth-order valence-corrected chi connectivity index (χ4v) is 3.13. The van der Waals surface area contributed by atoms with Crippen LogP contribution in [0.3, 0.4) is 0 Å². The molecule has 0 radical (unpaired) electrons. The molecule has 2 aromatic carbocycles. The van der Waals surface area contributed by atoms with Gasteiger partial charge in [0.1, 0.15) is 0 Å². The second kappa shape index (κ2) is 8.63. The Morgan fingerprint density at radius 2 is 1.85 bits per heavy atom. The third-order valence-corrected chi connectivity index (χ3v) is 4.49. The lowest BCUT2D eigenvalue weighted by molar-refractivity contribution is -0.119. The van der Waals surface area contributed by atoms with Gasteiger partial charge in [-0.1, -0.05) is 42.1 Å². The highest BCUT2D eigenvalue weighted by Crippen LogP contribution is 2.22. The maximum atomic E-state index is 13.2. The number of hydrogen-bond acceptors (Lipinski definition) is 4. The van der Waals surface area contributed by atoms with Gasteiger partial charge >= 0.3 is 6.03 Å². The van der Waals surface area contributed by atoms with Crippen LogP contribution in [-0.2, 0) is 11.3 Å². The summed E-state index contributed by atoms with van der Waals surface area (Å²) >= 11 is 1.22. The number of imidazole rings is 1. The van der Waals surface area contributed by atoms with E-state index in [1.807, 2.05) is 30.3 Å². The summed E-state index contributed by atoms with van der Waals surface area (Å²) in [7, 11) is 0. The number of aromatic amines is 1. The van der Waals surface area contributed by atoms with Crippen molar-refractivity contribution >= 4 is 34.7 Å². The van der Waals surface area contributed by atoms with Gasteiger partial charge in [-0.2, -0.15) is 0 Å².